The summed E-state index contributed by atoms with van der Waals surface area (Å²) in [5, 5.41) is 0. The lowest BCUT2D eigenvalue weighted by Gasteiger charge is -2.06. The van der Waals surface area contributed by atoms with E-state index in [1.807, 2.05) is 63.2 Å². The predicted octanol–water partition coefficient (Wildman–Crippen LogP) is 4.63. The number of aromatic nitrogens is 2. The van der Waals surface area contributed by atoms with Crippen molar-refractivity contribution in [3.63, 3.8) is 0 Å². The fourth-order valence-corrected chi connectivity index (χ4v) is 1.96. The van der Waals surface area contributed by atoms with Gasteiger partial charge in [0.15, 0.2) is 0 Å². The average molecular weight is 250 g/mol. The zero-order chi connectivity index (χ0) is 13.7. The number of hydrogen-bond donors (Lipinski definition) is 0. The lowest BCUT2D eigenvalue weighted by Crippen LogP contribution is -1.93. The van der Waals surface area contributed by atoms with Gasteiger partial charge in [-0.25, -0.2) is 9.97 Å². The molecule has 0 saturated carbocycles. The van der Waals surface area contributed by atoms with E-state index in [-0.39, 0.29) is 0 Å². The summed E-state index contributed by atoms with van der Waals surface area (Å²) >= 11 is 0. The van der Waals surface area contributed by atoms with E-state index in [4.69, 9.17) is 0 Å². The minimum absolute atomic E-state index is 0.942. The first kappa shape index (κ1) is 13.2. The second-order valence-electron chi connectivity index (χ2n) is 4.01. The van der Waals surface area contributed by atoms with Gasteiger partial charge in [0.2, 0.25) is 0 Å². The van der Waals surface area contributed by atoms with Gasteiger partial charge < -0.3 is 0 Å². The van der Waals surface area contributed by atoms with Crippen molar-refractivity contribution >= 4 is 11.0 Å². The first-order chi connectivity index (χ1) is 9.34. The van der Waals surface area contributed by atoms with E-state index in [0.29, 0.717) is 0 Å². The van der Waals surface area contributed by atoms with Crippen LogP contribution in [0.3, 0.4) is 0 Å². The Morgan fingerprint density at radius 3 is 1.84 bits per heavy atom. The monoisotopic (exact) mass is 250 g/mol. The summed E-state index contributed by atoms with van der Waals surface area (Å²) in [6.07, 6.45) is 0. The van der Waals surface area contributed by atoms with Gasteiger partial charge in [0.1, 0.15) is 0 Å². The van der Waals surface area contributed by atoms with E-state index in [1.165, 1.54) is 0 Å². The Balaban J connectivity index is 0.000000637. The molecule has 0 aliphatic heterocycles. The Morgan fingerprint density at radius 1 is 0.684 bits per heavy atom. The maximum atomic E-state index is 4.68. The average Bonchev–Trinajstić information content (AvgIpc) is 2.49. The Morgan fingerprint density at radius 2 is 1.21 bits per heavy atom. The van der Waals surface area contributed by atoms with Crippen LogP contribution in [0.4, 0.5) is 0 Å². The van der Waals surface area contributed by atoms with Crippen LogP contribution >= 0.6 is 0 Å². The van der Waals surface area contributed by atoms with Crippen LogP contribution < -0.4 is 0 Å². The standard InChI is InChI=1S/C15H12N2.C2H6/c1-11-15(12-7-3-2-4-8-12)17-14-10-6-5-9-13(14)16-11;1-2/h2-10H,1H3;1-2H3. The van der Waals surface area contributed by atoms with Crippen LogP contribution in [0.2, 0.25) is 0 Å². The number of para-hydroxylation sites is 2. The molecule has 96 valence electrons. The molecule has 3 aromatic rings. The second kappa shape index (κ2) is 6.10. The van der Waals surface area contributed by atoms with Gasteiger partial charge in [-0.05, 0) is 19.1 Å². The van der Waals surface area contributed by atoms with Gasteiger partial charge in [0.25, 0.3) is 0 Å². The van der Waals surface area contributed by atoms with Gasteiger partial charge in [0.05, 0.1) is 22.4 Å². The number of hydrogen-bond acceptors (Lipinski definition) is 2. The van der Waals surface area contributed by atoms with Crippen molar-refractivity contribution in [3.8, 4) is 11.3 Å². The molecule has 0 atom stereocenters. The van der Waals surface area contributed by atoms with Gasteiger partial charge in [-0.2, -0.15) is 0 Å². The molecule has 0 saturated heterocycles. The van der Waals surface area contributed by atoms with Crippen LogP contribution in [0.15, 0.2) is 54.6 Å². The molecule has 0 radical (unpaired) electrons. The molecular formula is C17H18N2. The van der Waals surface area contributed by atoms with Crippen molar-refractivity contribution in [1.82, 2.24) is 9.97 Å². The highest BCUT2D eigenvalue weighted by Gasteiger charge is 2.06. The Labute approximate surface area is 114 Å². The highest BCUT2D eigenvalue weighted by molar-refractivity contribution is 5.78. The molecule has 2 nitrogen and oxygen atoms in total. The highest BCUT2D eigenvalue weighted by Crippen LogP contribution is 2.22. The zero-order valence-corrected chi connectivity index (χ0v) is 11.6. The van der Waals surface area contributed by atoms with Crippen LogP contribution in [0.25, 0.3) is 22.3 Å². The molecule has 3 rings (SSSR count). The summed E-state index contributed by atoms with van der Waals surface area (Å²) in [5.74, 6) is 0. The molecule has 2 heteroatoms. The summed E-state index contributed by atoms with van der Waals surface area (Å²) < 4.78 is 0. The minimum atomic E-state index is 0.942. The molecule has 2 aromatic carbocycles. The molecular weight excluding hydrogens is 232 g/mol. The van der Waals surface area contributed by atoms with E-state index in [9.17, 15) is 0 Å². The van der Waals surface area contributed by atoms with Crippen LogP contribution in [-0.2, 0) is 0 Å². The normalized spacial score (nSPS) is 9.84. The third-order valence-corrected chi connectivity index (χ3v) is 2.79. The Hall–Kier alpha value is -2.22. The first-order valence-electron chi connectivity index (χ1n) is 6.63. The molecule has 19 heavy (non-hydrogen) atoms. The predicted molar refractivity (Wildman–Crippen MR) is 81.1 cm³/mol. The van der Waals surface area contributed by atoms with Crippen molar-refractivity contribution in [2.24, 2.45) is 0 Å². The molecule has 0 spiro atoms. The Bertz CT molecular complexity index is 660. The van der Waals surface area contributed by atoms with Crippen molar-refractivity contribution < 1.29 is 0 Å². The van der Waals surface area contributed by atoms with E-state index in [0.717, 1.165) is 28.0 Å². The first-order valence-corrected chi connectivity index (χ1v) is 6.63. The lowest BCUT2D eigenvalue weighted by atomic mass is 10.1. The van der Waals surface area contributed by atoms with Crippen LogP contribution in [-0.4, -0.2) is 9.97 Å². The topological polar surface area (TPSA) is 25.8 Å². The maximum Gasteiger partial charge on any atom is 0.0922 e. The third-order valence-electron chi connectivity index (χ3n) is 2.79. The van der Waals surface area contributed by atoms with E-state index >= 15 is 0 Å². The minimum Gasteiger partial charge on any atom is -0.249 e. The molecule has 0 bridgehead atoms. The van der Waals surface area contributed by atoms with E-state index in [1.54, 1.807) is 0 Å². The quantitative estimate of drug-likeness (QED) is 0.629. The number of nitrogens with zero attached hydrogens (tertiary/aromatic N) is 2. The van der Waals surface area contributed by atoms with Crippen LogP contribution in [0.1, 0.15) is 19.5 Å². The number of benzene rings is 2. The summed E-state index contributed by atoms with van der Waals surface area (Å²) in [5.41, 5.74) is 4.93. The number of aryl methyl sites for hydroxylation is 1. The number of rotatable bonds is 1. The van der Waals surface area contributed by atoms with Crippen molar-refractivity contribution in [2.75, 3.05) is 0 Å². The second-order valence-corrected chi connectivity index (χ2v) is 4.01. The molecule has 0 aliphatic rings. The van der Waals surface area contributed by atoms with Crippen molar-refractivity contribution in [3.05, 3.63) is 60.3 Å². The Kier molecular flexibility index (Phi) is 4.24. The summed E-state index contributed by atoms with van der Waals surface area (Å²) in [6.45, 7) is 6.00. The molecule has 1 heterocycles. The van der Waals surface area contributed by atoms with Crippen molar-refractivity contribution in [2.45, 2.75) is 20.8 Å². The van der Waals surface area contributed by atoms with Crippen molar-refractivity contribution in [1.29, 1.82) is 0 Å². The molecule has 0 N–H and O–H groups in total. The molecule has 0 amide bonds. The number of fused-ring (bicyclic) bond motifs is 1. The molecule has 0 unspecified atom stereocenters. The summed E-state index contributed by atoms with van der Waals surface area (Å²) in [7, 11) is 0. The van der Waals surface area contributed by atoms with Crippen LogP contribution in [0, 0.1) is 6.92 Å². The van der Waals surface area contributed by atoms with Crippen LogP contribution in [0.5, 0.6) is 0 Å². The fraction of sp³-hybridized carbons (Fsp3) is 0.176. The molecule has 1 aromatic heterocycles. The lowest BCUT2D eigenvalue weighted by molar-refractivity contribution is 1.19. The van der Waals surface area contributed by atoms with Gasteiger partial charge in [0, 0.05) is 5.56 Å². The molecule has 0 fully saturated rings. The van der Waals surface area contributed by atoms with Gasteiger partial charge in [-0.1, -0.05) is 56.3 Å². The maximum absolute atomic E-state index is 4.68. The van der Waals surface area contributed by atoms with E-state index < -0.39 is 0 Å². The van der Waals surface area contributed by atoms with Gasteiger partial charge in [-0.3, -0.25) is 0 Å². The highest BCUT2D eigenvalue weighted by atomic mass is 14.8. The zero-order valence-electron chi connectivity index (χ0n) is 11.6. The van der Waals surface area contributed by atoms with Gasteiger partial charge in [-0.15, -0.1) is 0 Å². The largest absolute Gasteiger partial charge is 0.249 e. The molecule has 0 aliphatic carbocycles. The third kappa shape index (κ3) is 2.79. The smallest absolute Gasteiger partial charge is 0.0922 e. The SMILES string of the molecule is CC.Cc1nc2ccccc2nc1-c1ccccc1. The summed E-state index contributed by atoms with van der Waals surface area (Å²) in [4.78, 5) is 9.27. The summed E-state index contributed by atoms with van der Waals surface area (Å²) in [6, 6.07) is 18.1. The van der Waals surface area contributed by atoms with Gasteiger partial charge >= 0.3 is 0 Å². The van der Waals surface area contributed by atoms with E-state index in [2.05, 4.69) is 22.1 Å². The fourth-order valence-electron chi connectivity index (χ4n) is 1.96.